The van der Waals surface area contributed by atoms with Crippen molar-refractivity contribution < 1.29 is 9.47 Å². The molecule has 0 heterocycles. The minimum atomic E-state index is 0. The van der Waals surface area contributed by atoms with Gasteiger partial charge in [-0.1, -0.05) is 0 Å². The summed E-state index contributed by atoms with van der Waals surface area (Å²) in [6, 6.07) is 0. The first-order valence-corrected chi connectivity index (χ1v) is 4.13. The van der Waals surface area contributed by atoms with E-state index in [0.29, 0.717) is 0 Å². The monoisotopic (exact) mass is 167 g/mol. The summed E-state index contributed by atoms with van der Waals surface area (Å²) in [5.74, 6) is 2.14. The molecule has 0 spiro atoms. The van der Waals surface area contributed by atoms with Gasteiger partial charge < -0.3 is 15.6 Å². The van der Waals surface area contributed by atoms with Gasteiger partial charge in [-0.2, -0.15) is 11.8 Å². The lowest BCUT2D eigenvalue weighted by Crippen LogP contribution is -1.96. The van der Waals surface area contributed by atoms with Gasteiger partial charge in [-0.25, -0.2) is 0 Å². The average molecular weight is 167 g/mol. The Kier molecular flexibility index (Phi) is 15.4. The highest BCUT2D eigenvalue weighted by Crippen LogP contribution is 1.97. The highest BCUT2D eigenvalue weighted by atomic mass is 32.2. The van der Waals surface area contributed by atoms with Crippen molar-refractivity contribution in [2.75, 3.05) is 38.9 Å². The molecule has 0 unspecified atom stereocenters. The van der Waals surface area contributed by atoms with E-state index in [0.717, 1.165) is 24.7 Å². The fraction of sp³-hybridized carbons (Fsp3) is 1.00. The summed E-state index contributed by atoms with van der Waals surface area (Å²) in [6.45, 7) is 1.68. The zero-order valence-corrected chi connectivity index (χ0v) is 7.58. The molecule has 0 rings (SSSR count). The highest BCUT2D eigenvalue weighted by molar-refractivity contribution is 7.99. The zero-order chi connectivity index (χ0) is 6.95. The van der Waals surface area contributed by atoms with Crippen LogP contribution >= 0.6 is 11.8 Å². The number of hydrogen-bond donors (Lipinski definition) is 1. The molecule has 3 nitrogen and oxygen atoms in total. The average Bonchev–Trinajstić information content (AvgIpc) is 1.89. The first-order valence-electron chi connectivity index (χ1n) is 2.97. The molecular weight excluding hydrogens is 150 g/mol. The van der Waals surface area contributed by atoms with Crippen LogP contribution in [-0.2, 0) is 9.47 Å². The molecule has 0 aromatic carbocycles. The van der Waals surface area contributed by atoms with Gasteiger partial charge in [-0.15, -0.1) is 0 Å². The number of hydrogen-bond acceptors (Lipinski definition) is 4. The van der Waals surface area contributed by atoms with Crippen LogP contribution in [0.25, 0.3) is 0 Å². The molecule has 3 N–H and O–H groups in total. The quantitative estimate of drug-likeness (QED) is 0.603. The van der Waals surface area contributed by atoms with Crippen LogP contribution in [0.5, 0.6) is 0 Å². The van der Waals surface area contributed by atoms with Gasteiger partial charge in [0.1, 0.15) is 0 Å². The van der Waals surface area contributed by atoms with Crippen molar-refractivity contribution in [1.29, 1.82) is 0 Å². The topological polar surface area (TPSA) is 53.5 Å². The molecule has 0 aromatic heterocycles. The van der Waals surface area contributed by atoms with Gasteiger partial charge in [-0.3, -0.25) is 0 Å². The first kappa shape index (κ1) is 12.9. The van der Waals surface area contributed by atoms with Crippen LogP contribution in [0.15, 0.2) is 0 Å². The van der Waals surface area contributed by atoms with Crippen molar-refractivity contribution in [2.45, 2.75) is 0 Å². The molecule has 64 valence electrons. The highest BCUT2D eigenvalue weighted by Gasteiger charge is 1.85. The summed E-state index contributed by atoms with van der Waals surface area (Å²) in [5, 5.41) is 0. The Bertz CT molecular complexity index is 49.0. The van der Waals surface area contributed by atoms with Gasteiger partial charge in [0.05, 0.1) is 13.2 Å². The third kappa shape index (κ3) is 11.1. The van der Waals surface area contributed by atoms with Crippen molar-refractivity contribution in [3.63, 3.8) is 0 Å². The molecule has 0 aliphatic carbocycles. The standard InChI is InChI=1S/C6H14O2S.H3N/c1-7-3-5-9-6-4-8-2;/h3-6H2,1-2H3;1H3. The molecule has 0 saturated carbocycles. The van der Waals surface area contributed by atoms with Crippen LogP contribution in [0.3, 0.4) is 0 Å². The summed E-state index contributed by atoms with van der Waals surface area (Å²) in [7, 11) is 3.44. The third-order valence-electron chi connectivity index (χ3n) is 0.864. The van der Waals surface area contributed by atoms with E-state index < -0.39 is 0 Å². The van der Waals surface area contributed by atoms with Gasteiger partial charge in [0.15, 0.2) is 0 Å². The van der Waals surface area contributed by atoms with E-state index in [9.17, 15) is 0 Å². The molecule has 0 saturated heterocycles. The normalized spacial score (nSPS) is 9.00. The Morgan fingerprint density at radius 1 is 1.00 bits per heavy atom. The Morgan fingerprint density at radius 3 is 1.70 bits per heavy atom. The van der Waals surface area contributed by atoms with Crippen molar-refractivity contribution >= 4 is 11.8 Å². The van der Waals surface area contributed by atoms with Crippen molar-refractivity contribution in [2.24, 2.45) is 0 Å². The Hall–Kier alpha value is 0.230. The fourth-order valence-corrected chi connectivity index (χ4v) is 1.16. The lowest BCUT2D eigenvalue weighted by molar-refractivity contribution is 0.215. The van der Waals surface area contributed by atoms with E-state index in [1.54, 1.807) is 14.2 Å². The second kappa shape index (κ2) is 12.0. The van der Waals surface area contributed by atoms with Crippen molar-refractivity contribution in [3.8, 4) is 0 Å². The molecular formula is C6H17NO2S. The second-order valence-electron chi connectivity index (χ2n) is 1.60. The zero-order valence-electron chi connectivity index (χ0n) is 6.76. The van der Waals surface area contributed by atoms with Gasteiger partial charge >= 0.3 is 0 Å². The maximum atomic E-state index is 4.86. The van der Waals surface area contributed by atoms with Crippen LogP contribution in [0, 0.1) is 0 Å². The molecule has 0 aliphatic rings. The summed E-state index contributed by atoms with van der Waals surface area (Å²) in [6.07, 6.45) is 0. The summed E-state index contributed by atoms with van der Waals surface area (Å²) < 4.78 is 9.72. The molecule has 0 aliphatic heterocycles. The van der Waals surface area contributed by atoms with Crippen LogP contribution in [-0.4, -0.2) is 38.9 Å². The van der Waals surface area contributed by atoms with Gasteiger partial charge in [0, 0.05) is 25.7 Å². The Morgan fingerprint density at radius 2 is 1.40 bits per heavy atom. The SMILES string of the molecule is COCCSCCOC.N. The number of thioether (sulfide) groups is 1. The van der Waals surface area contributed by atoms with Gasteiger partial charge in [0.25, 0.3) is 0 Å². The van der Waals surface area contributed by atoms with E-state index in [1.807, 2.05) is 11.8 Å². The Balaban J connectivity index is 0. The lowest BCUT2D eigenvalue weighted by Gasteiger charge is -1.98. The fourth-order valence-electron chi connectivity index (χ4n) is 0.387. The van der Waals surface area contributed by atoms with E-state index in [-0.39, 0.29) is 6.15 Å². The molecule has 0 radical (unpaired) electrons. The van der Waals surface area contributed by atoms with Crippen LogP contribution in [0.1, 0.15) is 0 Å². The minimum absolute atomic E-state index is 0. The molecule has 0 aromatic rings. The maximum Gasteiger partial charge on any atom is 0.0552 e. The number of methoxy groups -OCH3 is 2. The minimum Gasteiger partial charge on any atom is -0.384 e. The molecule has 0 atom stereocenters. The van der Waals surface area contributed by atoms with Crippen molar-refractivity contribution in [1.82, 2.24) is 6.15 Å². The summed E-state index contributed by atoms with van der Waals surface area (Å²) >= 11 is 1.85. The summed E-state index contributed by atoms with van der Waals surface area (Å²) in [4.78, 5) is 0. The molecule has 0 amide bonds. The van der Waals surface area contributed by atoms with Crippen LogP contribution in [0.4, 0.5) is 0 Å². The third-order valence-corrected chi connectivity index (χ3v) is 1.77. The lowest BCUT2D eigenvalue weighted by atomic mass is 10.8. The van der Waals surface area contributed by atoms with Gasteiger partial charge in [-0.05, 0) is 0 Å². The van der Waals surface area contributed by atoms with Crippen molar-refractivity contribution in [3.05, 3.63) is 0 Å². The summed E-state index contributed by atoms with van der Waals surface area (Å²) in [5.41, 5.74) is 0. The van der Waals surface area contributed by atoms with E-state index in [1.165, 1.54) is 0 Å². The Labute approximate surface area is 67.0 Å². The van der Waals surface area contributed by atoms with Crippen LogP contribution in [0.2, 0.25) is 0 Å². The van der Waals surface area contributed by atoms with Crippen LogP contribution < -0.4 is 6.15 Å². The molecule has 0 fully saturated rings. The maximum absolute atomic E-state index is 4.86. The van der Waals surface area contributed by atoms with E-state index >= 15 is 0 Å². The predicted octanol–water partition coefficient (Wildman–Crippen LogP) is 1.17. The predicted molar refractivity (Wildman–Crippen MR) is 46.1 cm³/mol. The number of ether oxygens (including phenoxy) is 2. The second-order valence-corrected chi connectivity index (χ2v) is 2.82. The first-order chi connectivity index (χ1) is 4.41. The largest absolute Gasteiger partial charge is 0.384 e. The molecule has 0 bridgehead atoms. The molecule has 10 heavy (non-hydrogen) atoms. The van der Waals surface area contributed by atoms with E-state index in [4.69, 9.17) is 9.47 Å². The molecule has 4 heteroatoms. The smallest absolute Gasteiger partial charge is 0.0552 e. The van der Waals surface area contributed by atoms with Gasteiger partial charge in [0.2, 0.25) is 0 Å². The van der Waals surface area contributed by atoms with E-state index in [2.05, 4.69) is 0 Å². The number of rotatable bonds is 6.